The molecule has 3 heterocycles. The number of nitrogens with zero attached hydrogens (tertiary/aromatic N) is 1. The molecule has 1 N–H and O–H groups in total. The van der Waals surface area contributed by atoms with Crippen molar-refractivity contribution in [1.29, 1.82) is 0 Å². The lowest BCUT2D eigenvalue weighted by atomic mass is 10.1. The van der Waals surface area contributed by atoms with Gasteiger partial charge in [0, 0.05) is 25.7 Å². The summed E-state index contributed by atoms with van der Waals surface area (Å²) in [4.78, 5) is 15.4. The van der Waals surface area contributed by atoms with E-state index in [9.17, 15) is 4.79 Å². The lowest BCUT2D eigenvalue weighted by Crippen LogP contribution is -2.38. The topological polar surface area (TPSA) is 32.3 Å². The van der Waals surface area contributed by atoms with Crippen molar-refractivity contribution in [3.05, 3.63) is 21.9 Å². The summed E-state index contributed by atoms with van der Waals surface area (Å²) in [7, 11) is 0. The summed E-state index contributed by atoms with van der Waals surface area (Å²) in [6.45, 7) is 5.01. The van der Waals surface area contributed by atoms with Crippen molar-refractivity contribution in [2.75, 3.05) is 19.6 Å². The molecule has 86 valence electrons. The molecule has 3 nitrogen and oxygen atoms in total. The summed E-state index contributed by atoms with van der Waals surface area (Å²) < 4.78 is 0. The molecule has 2 aliphatic heterocycles. The van der Waals surface area contributed by atoms with Crippen molar-refractivity contribution >= 4 is 17.2 Å². The number of nitrogens with one attached hydrogen (secondary N) is 1. The van der Waals surface area contributed by atoms with Crippen molar-refractivity contribution in [2.45, 2.75) is 19.4 Å². The van der Waals surface area contributed by atoms with E-state index in [0.29, 0.717) is 12.0 Å². The van der Waals surface area contributed by atoms with Crippen LogP contribution in [-0.2, 0) is 0 Å². The van der Waals surface area contributed by atoms with Gasteiger partial charge in [0.2, 0.25) is 0 Å². The highest BCUT2D eigenvalue weighted by molar-refractivity contribution is 7.12. The number of hydrogen-bond acceptors (Lipinski definition) is 3. The summed E-state index contributed by atoms with van der Waals surface area (Å²) in [5.41, 5.74) is 1.12. The standard InChI is InChI=1S/C12H16N2OS/c1-8-3-5-16-11(8)12(15)14-4-2-9-6-13-7-10(9)14/h3,5,9-10,13H,2,4,6-7H2,1H3/t9-,10+/m0/s1. The van der Waals surface area contributed by atoms with Gasteiger partial charge < -0.3 is 10.2 Å². The molecule has 0 bridgehead atoms. The summed E-state index contributed by atoms with van der Waals surface area (Å²) in [5, 5.41) is 5.38. The number of carbonyl (C=O) groups is 1. The molecule has 1 aromatic rings. The van der Waals surface area contributed by atoms with Crippen LogP contribution < -0.4 is 5.32 Å². The van der Waals surface area contributed by atoms with E-state index in [2.05, 4.69) is 10.2 Å². The maximum absolute atomic E-state index is 12.4. The monoisotopic (exact) mass is 236 g/mol. The predicted molar refractivity (Wildman–Crippen MR) is 64.9 cm³/mol. The Kier molecular flexibility index (Phi) is 2.48. The molecule has 3 rings (SSSR count). The van der Waals surface area contributed by atoms with E-state index < -0.39 is 0 Å². The second kappa shape index (κ2) is 3.86. The zero-order chi connectivity index (χ0) is 11.1. The van der Waals surface area contributed by atoms with Crippen LogP contribution in [-0.4, -0.2) is 36.5 Å². The minimum atomic E-state index is 0.240. The molecule has 0 saturated carbocycles. The van der Waals surface area contributed by atoms with Gasteiger partial charge in [-0.05, 0) is 36.3 Å². The fraction of sp³-hybridized carbons (Fsp3) is 0.583. The molecule has 1 aromatic heterocycles. The molecule has 2 saturated heterocycles. The highest BCUT2D eigenvalue weighted by Crippen LogP contribution is 2.30. The van der Waals surface area contributed by atoms with Gasteiger partial charge in [0.15, 0.2) is 0 Å². The summed E-state index contributed by atoms with van der Waals surface area (Å²) >= 11 is 1.57. The van der Waals surface area contributed by atoms with Gasteiger partial charge in [0.05, 0.1) is 4.88 Å². The van der Waals surface area contributed by atoms with Gasteiger partial charge in [0.25, 0.3) is 5.91 Å². The van der Waals surface area contributed by atoms with Crippen LogP contribution in [0.4, 0.5) is 0 Å². The largest absolute Gasteiger partial charge is 0.333 e. The lowest BCUT2D eigenvalue weighted by molar-refractivity contribution is 0.0741. The molecule has 0 unspecified atom stereocenters. The number of carbonyl (C=O) groups excluding carboxylic acids is 1. The average molecular weight is 236 g/mol. The highest BCUT2D eigenvalue weighted by atomic mass is 32.1. The third kappa shape index (κ3) is 1.48. The Labute approximate surface area is 99.5 Å². The average Bonchev–Trinajstić information content (AvgIpc) is 2.90. The van der Waals surface area contributed by atoms with Crippen LogP contribution in [0.25, 0.3) is 0 Å². The Morgan fingerprint density at radius 2 is 2.44 bits per heavy atom. The van der Waals surface area contributed by atoms with Crippen LogP contribution in [0.15, 0.2) is 11.4 Å². The molecule has 2 fully saturated rings. The number of likely N-dealkylation sites (tertiary alicyclic amines) is 1. The van der Waals surface area contributed by atoms with E-state index in [1.54, 1.807) is 11.3 Å². The maximum atomic E-state index is 12.4. The molecule has 1 amide bonds. The Bertz CT molecular complexity index is 415. The zero-order valence-electron chi connectivity index (χ0n) is 9.40. The quantitative estimate of drug-likeness (QED) is 0.801. The molecular formula is C12H16N2OS. The van der Waals surface area contributed by atoms with Crippen molar-refractivity contribution in [3.63, 3.8) is 0 Å². The lowest BCUT2D eigenvalue weighted by Gasteiger charge is -2.23. The molecule has 16 heavy (non-hydrogen) atoms. The van der Waals surface area contributed by atoms with Crippen LogP contribution in [0.2, 0.25) is 0 Å². The normalized spacial score (nSPS) is 28.4. The highest BCUT2D eigenvalue weighted by Gasteiger charge is 2.40. The van der Waals surface area contributed by atoms with Crippen LogP contribution in [0.5, 0.6) is 0 Å². The fourth-order valence-electron chi connectivity index (χ4n) is 2.82. The van der Waals surface area contributed by atoms with E-state index >= 15 is 0 Å². The molecule has 2 atom stereocenters. The molecule has 0 aromatic carbocycles. The van der Waals surface area contributed by atoms with E-state index in [4.69, 9.17) is 0 Å². The smallest absolute Gasteiger partial charge is 0.264 e. The Balaban J connectivity index is 1.83. The summed E-state index contributed by atoms with van der Waals surface area (Å²) in [6, 6.07) is 2.47. The minimum absolute atomic E-state index is 0.240. The summed E-state index contributed by atoms with van der Waals surface area (Å²) in [6.07, 6.45) is 1.16. The number of aryl methyl sites for hydroxylation is 1. The second-order valence-corrected chi connectivity index (χ2v) is 5.62. The molecule has 0 spiro atoms. The Hall–Kier alpha value is -0.870. The van der Waals surface area contributed by atoms with Gasteiger partial charge in [0.1, 0.15) is 0 Å². The van der Waals surface area contributed by atoms with Gasteiger partial charge in [-0.1, -0.05) is 0 Å². The molecule has 0 radical (unpaired) electrons. The number of thiophene rings is 1. The van der Waals surface area contributed by atoms with Crippen molar-refractivity contribution < 1.29 is 4.79 Å². The fourth-order valence-corrected chi connectivity index (χ4v) is 3.70. The van der Waals surface area contributed by atoms with Gasteiger partial charge in [-0.3, -0.25) is 4.79 Å². The number of amides is 1. The van der Waals surface area contributed by atoms with Crippen molar-refractivity contribution in [2.24, 2.45) is 5.92 Å². The first-order valence-electron chi connectivity index (χ1n) is 5.83. The van der Waals surface area contributed by atoms with Crippen LogP contribution in [0, 0.1) is 12.8 Å². The van der Waals surface area contributed by atoms with Crippen molar-refractivity contribution in [1.82, 2.24) is 10.2 Å². The van der Waals surface area contributed by atoms with E-state index in [-0.39, 0.29) is 5.91 Å². The predicted octanol–water partition coefficient (Wildman–Crippen LogP) is 1.49. The molecule has 2 aliphatic rings. The third-order valence-electron chi connectivity index (χ3n) is 3.76. The second-order valence-electron chi connectivity index (χ2n) is 4.71. The first kappa shape index (κ1) is 10.3. The van der Waals surface area contributed by atoms with E-state index in [0.717, 1.165) is 36.5 Å². The Morgan fingerprint density at radius 3 is 3.19 bits per heavy atom. The maximum Gasteiger partial charge on any atom is 0.264 e. The summed E-state index contributed by atoms with van der Waals surface area (Å²) in [5.74, 6) is 0.924. The SMILES string of the molecule is Cc1ccsc1C(=O)N1CC[C@H]2CNC[C@H]21. The molecular weight excluding hydrogens is 220 g/mol. The number of fused-ring (bicyclic) bond motifs is 1. The zero-order valence-corrected chi connectivity index (χ0v) is 10.2. The first-order chi connectivity index (χ1) is 7.77. The minimum Gasteiger partial charge on any atom is -0.333 e. The van der Waals surface area contributed by atoms with Gasteiger partial charge >= 0.3 is 0 Å². The Morgan fingerprint density at radius 1 is 1.56 bits per heavy atom. The van der Waals surface area contributed by atoms with Crippen molar-refractivity contribution in [3.8, 4) is 0 Å². The molecule has 4 heteroatoms. The van der Waals surface area contributed by atoms with Crippen LogP contribution in [0.3, 0.4) is 0 Å². The van der Waals surface area contributed by atoms with Gasteiger partial charge in [-0.25, -0.2) is 0 Å². The van der Waals surface area contributed by atoms with Gasteiger partial charge in [-0.15, -0.1) is 11.3 Å². The number of hydrogen-bond donors (Lipinski definition) is 1. The van der Waals surface area contributed by atoms with E-state index in [1.807, 2.05) is 18.4 Å². The van der Waals surface area contributed by atoms with Crippen LogP contribution >= 0.6 is 11.3 Å². The van der Waals surface area contributed by atoms with Crippen LogP contribution in [0.1, 0.15) is 21.7 Å². The van der Waals surface area contributed by atoms with E-state index in [1.165, 1.54) is 0 Å². The van der Waals surface area contributed by atoms with Gasteiger partial charge in [-0.2, -0.15) is 0 Å². The molecule has 0 aliphatic carbocycles. The third-order valence-corrected chi connectivity index (χ3v) is 4.77. The first-order valence-corrected chi connectivity index (χ1v) is 6.71. The number of rotatable bonds is 1.